The molecule has 1 unspecified atom stereocenters. The molecule has 6 heterocycles. The van der Waals surface area contributed by atoms with Gasteiger partial charge in [-0.15, -0.1) is 0 Å². The highest BCUT2D eigenvalue weighted by molar-refractivity contribution is 8.14. The number of aliphatic imine (C=N–C) groups is 2. The standard InChI is InChI=1S/C27H18O8.C26H27N5OS.C25H29NO5/c1-33-25(30)15-12-10-14(11-13-15)20(21-23(28)16-6-2-4-8-18(16)34-26(21)31)22-24(29)17-7-3-5-9-19(17)35-27(22)32;1-16-11-18(3)21(12-17(16)2)22-13-24(31(30-22)20-7-5-4-6-8-20)29-25(32)15-33-26-27-14-23(28-26)19-9-10-19;1-2-29-24(28)25(13-6-10-19-8-4-3-5-9-19)14-7-15-26(17-25)23(27)20-11-12-21-22(16-20)31-18-30-21/h2-13,20,28-29H,1H3;4-8,11-13,19H,9-10,14-15H2,1-3H3,(H,29,32);3-5,8-9,11-12,16H,2,6-7,10,13-15,17-18H2,1H3. The van der Waals surface area contributed by atoms with Crippen LogP contribution in [0.4, 0.5) is 5.82 Å². The Balaban J connectivity index is 0.000000141. The van der Waals surface area contributed by atoms with Crippen LogP contribution in [0, 0.1) is 32.1 Å². The Morgan fingerprint density at radius 1 is 0.727 bits per heavy atom. The summed E-state index contributed by atoms with van der Waals surface area (Å²) in [4.78, 5) is 88.1. The lowest BCUT2D eigenvalue weighted by Crippen LogP contribution is -2.50. The van der Waals surface area contributed by atoms with Gasteiger partial charge in [0.1, 0.15) is 28.5 Å². The molecule has 2 amide bonds. The number of likely N-dealkylation sites (tertiary alicyclic amines) is 1. The largest absolute Gasteiger partial charge is 0.507 e. The van der Waals surface area contributed by atoms with Gasteiger partial charge in [-0.1, -0.05) is 103 Å². The average molecular weight is 1350 g/mol. The normalized spacial score (nSPS) is 15.3. The molecule has 1 saturated heterocycles. The van der Waals surface area contributed by atoms with E-state index in [0.29, 0.717) is 67.0 Å². The highest BCUT2D eigenvalue weighted by Crippen LogP contribution is 2.43. The van der Waals surface area contributed by atoms with Crippen LogP contribution in [0.2, 0.25) is 0 Å². The van der Waals surface area contributed by atoms with Crippen molar-refractivity contribution in [3.05, 3.63) is 241 Å². The predicted molar refractivity (Wildman–Crippen MR) is 380 cm³/mol. The predicted octanol–water partition coefficient (Wildman–Crippen LogP) is 13.9. The minimum atomic E-state index is -1.27. The lowest BCUT2D eigenvalue weighted by atomic mass is 9.75. The second-order valence-electron chi connectivity index (χ2n) is 24.8. The minimum absolute atomic E-state index is 0.0882. The monoisotopic (exact) mass is 1350 g/mol. The fraction of sp³-hybridized carbons (Fsp3) is 0.269. The van der Waals surface area contributed by atoms with E-state index in [0.717, 1.165) is 53.4 Å². The van der Waals surface area contributed by atoms with Crippen LogP contribution in [0.5, 0.6) is 23.0 Å². The number of rotatable bonds is 17. The van der Waals surface area contributed by atoms with E-state index >= 15 is 0 Å². The second kappa shape index (κ2) is 30.1. The molecule has 7 aromatic carbocycles. The van der Waals surface area contributed by atoms with Crippen molar-refractivity contribution in [2.75, 3.05) is 51.2 Å². The number of aromatic hydroxyl groups is 2. The second-order valence-corrected chi connectivity index (χ2v) is 25.7. The number of carbonyl (C=O) groups is 4. The molecular formula is C78H74N6O14S. The zero-order valence-corrected chi connectivity index (χ0v) is 56.3. The first-order valence-corrected chi connectivity index (χ1v) is 33.8. The lowest BCUT2D eigenvalue weighted by molar-refractivity contribution is -0.159. The summed E-state index contributed by atoms with van der Waals surface area (Å²) in [6.07, 6.45) is 6.43. The summed E-state index contributed by atoms with van der Waals surface area (Å²) < 4.78 is 33.6. The third kappa shape index (κ3) is 15.2. The summed E-state index contributed by atoms with van der Waals surface area (Å²) >= 11 is 1.39. The number of nitrogens with one attached hydrogen (secondary N) is 1. The first-order chi connectivity index (χ1) is 48.0. The Kier molecular flexibility index (Phi) is 20.7. The third-order valence-corrected chi connectivity index (χ3v) is 19.0. The molecule has 0 radical (unpaired) electrons. The number of ether oxygens (including phenoxy) is 4. The zero-order chi connectivity index (χ0) is 69.3. The van der Waals surface area contributed by atoms with Gasteiger partial charge in [0.2, 0.25) is 12.7 Å². The number of fused-ring (bicyclic) bond motifs is 3. The van der Waals surface area contributed by atoms with Crippen LogP contribution in [0.15, 0.2) is 198 Å². The summed E-state index contributed by atoms with van der Waals surface area (Å²) in [5.74, 6) is -0.255. The van der Waals surface area contributed by atoms with Crippen molar-refractivity contribution < 1.29 is 57.2 Å². The van der Waals surface area contributed by atoms with E-state index in [1.165, 1.54) is 90.5 Å². The molecule has 21 heteroatoms. The van der Waals surface area contributed by atoms with E-state index in [4.69, 9.17) is 32.9 Å². The molecule has 3 N–H and O–H groups in total. The summed E-state index contributed by atoms with van der Waals surface area (Å²) in [6.45, 7) is 10.4. The number of aryl methyl sites for hydroxylation is 4. The molecule has 20 nitrogen and oxygen atoms in total. The number of amidine groups is 1. The molecule has 506 valence electrons. The fourth-order valence-electron chi connectivity index (χ4n) is 12.7. The summed E-state index contributed by atoms with van der Waals surface area (Å²) in [7, 11) is 1.25. The molecule has 4 aliphatic rings. The number of methoxy groups -OCH3 is 1. The molecule has 10 aromatic rings. The maximum Gasteiger partial charge on any atom is 0.344 e. The highest BCUT2D eigenvalue weighted by Gasteiger charge is 2.45. The van der Waals surface area contributed by atoms with E-state index in [1.54, 1.807) is 64.2 Å². The molecule has 0 spiro atoms. The first-order valence-electron chi connectivity index (χ1n) is 32.9. The summed E-state index contributed by atoms with van der Waals surface area (Å²) in [5, 5.41) is 31.4. The van der Waals surface area contributed by atoms with Crippen LogP contribution in [0.3, 0.4) is 0 Å². The maximum atomic E-state index is 13.2. The fourth-order valence-corrected chi connectivity index (χ4v) is 13.4. The Morgan fingerprint density at radius 2 is 1.35 bits per heavy atom. The van der Waals surface area contributed by atoms with Gasteiger partial charge in [-0.05, 0) is 179 Å². The van der Waals surface area contributed by atoms with Gasteiger partial charge in [0.25, 0.3) is 5.91 Å². The SMILES string of the molecule is CCOC(=O)C1(CCCc2ccccc2)CCCN(C(=O)c2ccc3c(c2)OCO3)C1.COC(=O)c1ccc(C(c2c(O)c3ccccc3oc2=O)c2c(O)c3ccccc3oc2=O)cc1.Cc1cc(C)c(-c2cc(NC(=O)CSC3=NCC(C4CC4)=N3)n(-c3ccccc3)n2)cc1C. The molecule has 1 aliphatic carbocycles. The number of carbonyl (C=O) groups excluding carboxylic acids is 4. The van der Waals surface area contributed by atoms with Crippen LogP contribution in [-0.2, 0) is 25.5 Å². The van der Waals surface area contributed by atoms with E-state index in [2.05, 4.69) is 60.3 Å². The van der Waals surface area contributed by atoms with Crippen LogP contribution >= 0.6 is 11.8 Å². The molecular weight excluding hydrogens is 1280 g/mol. The summed E-state index contributed by atoms with van der Waals surface area (Å²) in [5.41, 5.74) is 7.34. The summed E-state index contributed by atoms with van der Waals surface area (Å²) in [6, 6.07) is 50.4. The number of anilines is 1. The van der Waals surface area contributed by atoms with Gasteiger partial charge in [-0.3, -0.25) is 19.4 Å². The number of thioether (sulfide) groups is 1. The van der Waals surface area contributed by atoms with Gasteiger partial charge < -0.3 is 48.2 Å². The van der Waals surface area contributed by atoms with E-state index in [1.807, 2.05) is 61.5 Å². The topological polar surface area (TPSA) is 264 Å². The van der Waals surface area contributed by atoms with E-state index in [-0.39, 0.29) is 69.0 Å². The van der Waals surface area contributed by atoms with Crippen molar-refractivity contribution in [3.63, 3.8) is 0 Å². The van der Waals surface area contributed by atoms with Crippen molar-refractivity contribution in [1.29, 1.82) is 0 Å². The van der Waals surface area contributed by atoms with Gasteiger partial charge in [0.15, 0.2) is 16.7 Å². The number of hydrogen-bond donors (Lipinski definition) is 3. The number of benzene rings is 7. The number of aromatic nitrogens is 2. The maximum absolute atomic E-state index is 13.2. The number of nitrogens with zero attached hydrogens (tertiary/aromatic N) is 5. The number of esters is 2. The lowest BCUT2D eigenvalue weighted by Gasteiger charge is -2.41. The molecule has 1 atom stereocenters. The smallest absolute Gasteiger partial charge is 0.344 e. The van der Waals surface area contributed by atoms with Crippen molar-refractivity contribution >= 4 is 74.2 Å². The molecule has 2 fully saturated rings. The van der Waals surface area contributed by atoms with E-state index in [9.17, 15) is 39.0 Å². The number of para-hydroxylation sites is 3. The molecule has 1 saturated carbocycles. The molecule has 3 aromatic heterocycles. The van der Waals surface area contributed by atoms with Crippen LogP contribution in [-0.4, -0.2) is 105 Å². The van der Waals surface area contributed by atoms with Crippen molar-refractivity contribution in [1.82, 2.24) is 14.7 Å². The Labute approximate surface area is 574 Å². The number of amides is 2. The van der Waals surface area contributed by atoms with Gasteiger partial charge in [0, 0.05) is 36.0 Å². The van der Waals surface area contributed by atoms with E-state index < -0.39 is 40.1 Å². The van der Waals surface area contributed by atoms with Crippen molar-refractivity contribution in [2.45, 2.75) is 78.6 Å². The van der Waals surface area contributed by atoms with Gasteiger partial charge in [0.05, 0.1) is 76.2 Å². The number of hydrogen-bond acceptors (Lipinski definition) is 18. The van der Waals surface area contributed by atoms with Crippen LogP contribution < -0.4 is 26.0 Å². The van der Waals surface area contributed by atoms with Crippen LogP contribution in [0.25, 0.3) is 38.9 Å². The average Bonchev–Trinajstić information content (AvgIpc) is 1.28. The van der Waals surface area contributed by atoms with Gasteiger partial charge in [-0.2, -0.15) is 5.10 Å². The molecule has 99 heavy (non-hydrogen) atoms. The zero-order valence-electron chi connectivity index (χ0n) is 55.5. The number of piperidine rings is 1. The Morgan fingerprint density at radius 3 is 2.01 bits per heavy atom. The highest BCUT2D eigenvalue weighted by atomic mass is 32.2. The Hall–Kier alpha value is -11.1. The quantitative estimate of drug-likeness (QED) is 0.0565. The van der Waals surface area contributed by atoms with Crippen molar-refractivity contribution in [2.24, 2.45) is 21.3 Å². The third-order valence-electron chi connectivity index (χ3n) is 18.1. The van der Waals surface area contributed by atoms with Crippen molar-refractivity contribution in [3.8, 4) is 39.9 Å². The first kappa shape index (κ1) is 67.9. The molecule has 3 aliphatic heterocycles. The minimum Gasteiger partial charge on any atom is -0.507 e. The van der Waals surface area contributed by atoms with Crippen LogP contribution in [0.1, 0.15) is 111 Å². The molecule has 14 rings (SSSR count). The van der Waals surface area contributed by atoms with Gasteiger partial charge in [-0.25, -0.2) is 24.1 Å². The Bertz CT molecular complexity index is 4770. The van der Waals surface area contributed by atoms with Gasteiger partial charge >= 0.3 is 23.2 Å². The molecule has 0 bridgehead atoms.